The fourth-order valence-electron chi connectivity index (χ4n) is 1.53. The summed E-state index contributed by atoms with van der Waals surface area (Å²) in [5.41, 5.74) is 0.467. The summed E-state index contributed by atoms with van der Waals surface area (Å²) >= 11 is 0. The zero-order valence-corrected chi connectivity index (χ0v) is 10.2. The molecule has 0 spiro atoms. The monoisotopic (exact) mass is 239 g/mol. The maximum absolute atomic E-state index is 14.2. The standard InChI is InChI=1S/C13H18FNO2/c1-3-4-10-15(13(16)17-2)12(14)11-8-6-5-7-9-11/h5-9,12H,3-4,10H2,1-2H3. The molecule has 3 nitrogen and oxygen atoms in total. The van der Waals surface area contributed by atoms with Gasteiger partial charge in [-0.05, 0) is 6.42 Å². The van der Waals surface area contributed by atoms with Gasteiger partial charge in [0.1, 0.15) is 0 Å². The molecule has 0 heterocycles. The molecule has 1 aromatic carbocycles. The number of hydrogen-bond donors (Lipinski definition) is 0. The highest BCUT2D eigenvalue weighted by molar-refractivity contribution is 5.67. The Labute approximate surface area is 101 Å². The van der Waals surface area contributed by atoms with E-state index in [9.17, 15) is 9.18 Å². The highest BCUT2D eigenvalue weighted by atomic mass is 19.1. The van der Waals surface area contributed by atoms with E-state index in [1.54, 1.807) is 24.3 Å². The molecular formula is C13H18FNO2. The van der Waals surface area contributed by atoms with Crippen LogP contribution in [0.3, 0.4) is 0 Å². The van der Waals surface area contributed by atoms with Gasteiger partial charge in [0.25, 0.3) is 0 Å². The Morgan fingerprint density at radius 2 is 2.06 bits per heavy atom. The zero-order valence-electron chi connectivity index (χ0n) is 10.2. The van der Waals surface area contributed by atoms with E-state index in [4.69, 9.17) is 0 Å². The number of carbonyl (C=O) groups is 1. The minimum absolute atomic E-state index is 0.360. The second-order valence-electron chi connectivity index (χ2n) is 3.76. The van der Waals surface area contributed by atoms with E-state index in [1.165, 1.54) is 7.11 Å². The van der Waals surface area contributed by atoms with Crippen LogP contribution in [0.5, 0.6) is 0 Å². The Morgan fingerprint density at radius 1 is 1.41 bits per heavy atom. The predicted octanol–water partition coefficient (Wildman–Crippen LogP) is 3.52. The van der Waals surface area contributed by atoms with Crippen molar-refractivity contribution in [2.45, 2.75) is 26.1 Å². The number of halogens is 1. The third kappa shape index (κ3) is 3.73. The van der Waals surface area contributed by atoms with Gasteiger partial charge in [0.2, 0.25) is 6.30 Å². The van der Waals surface area contributed by atoms with Crippen LogP contribution in [-0.2, 0) is 4.74 Å². The van der Waals surface area contributed by atoms with Gasteiger partial charge in [0.15, 0.2) is 0 Å². The van der Waals surface area contributed by atoms with E-state index in [-0.39, 0.29) is 0 Å². The first kappa shape index (κ1) is 13.5. The second kappa shape index (κ2) is 6.89. The summed E-state index contributed by atoms with van der Waals surface area (Å²) in [5.74, 6) is 0. The van der Waals surface area contributed by atoms with Crippen LogP contribution >= 0.6 is 0 Å². The minimum atomic E-state index is -1.45. The smallest absolute Gasteiger partial charge is 0.412 e. The van der Waals surface area contributed by atoms with Gasteiger partial charge in [-0.1, -0.05) is 43.7 Å². The summed E-state index contributed by atoms with van der Waals surface area (Å²) in [4.78, 5) is 12.6. The van der Waals surface area contributed by atoms with E-state index >= 15 is 0 Å². The third-order valence-electron chi connectivity index (χ3n) is 2.51. The van der Waals surface area contributed by atoms with Crippen molar-refractivity contribution >= 4 is 6.09 Å². The zero-order chi connectivity index (χ0) is 12.7. The van der Waals surface area contributed by atoms with Crippen LogP contribution in [0.25, 0.3) is 0 Å². The number of nitrogens with zero attached hydrogens (tertiary/aromatic N) is 1. The summed E-state index contributed by atoms with van der Waals surface area (Å²) in [6.07, 6.45) is -0.429. The first-order chi connectivity index (χ1) is 8.20. The molecule has 1 amide bonds. The van der Waals surface area contributed by atoms with Crippen molar-refractivity contribution in [3.63, 3.8) is 0 Å². The average molecular weight is 239 g/mol. The fourth-order valence-corrected chi connectivity index (χ4v) is 1.53. The first-order valence-electron chi connectivity index (χ1n) is 5.74. The normalized spacial score (nSPS) is 11.9. The number of rotatable bonds is 5. The van der Waals surface area contributed by atoms with Gasteiger partial charge in [0, 0.05) is 12.1 Å². The van der Waals surface area contributed by atoms with E-state index in [1.807, 2.05) is 13.0 Å². The van der Waals surface area contributed by atoms with Crippen LogP contribution in [0, 0.1) is 0 Å². The van der Waals surface area contributed by atoms with E-state index < -0.39 is 12.4 Å². The van der Waals surface area contributed by atoms with Crippen LogP contribution in [0.2, 0.25) is 0 Å². The number of carbonyl (C=O) groups excluding carboxylic acids is 1. The summed E-state index contributed by atoms with van der Waals surface area (Å²) in [5, 5.41) is 0. The van der Waals surface area contributed by atoms with E-state index in [0.29, 0.717) is 12.1 Å². The molecular weight excluding hydrogens is 221 g/mol. The highest BCUT2D eigenvalue weighted by Crippen LogP contribution is 2.23. The van der Waals surface area contributed by atoms with Gasteiger partial charge in [-0.15, -0.1) is 0 Å². The van der Waals surface area contributed by atoms with Crippen molar-refractivity contribution in [2.75, 3.05) is 13.7 Å². The maximum Gasteiger partial charge on any atom is 0.412 e. The fraction of sp³-hybridized carbons (Fsp3) is 0.462. The maximum atomic E-state index is 14.2. The van der Waals surface area contributed by atoms with Crippen LogP contribution in [0.15, 0.2) is 30.3 Å². The molecule has 1 rings (SSSR count). The van der Waals surface area contributed by atoms with Gasteiger partial charge in [-0.25, -0.2) is 9.18 Å². The Kier molecular flexibility index (Phi) is 5.46. The third-order valence-corrected chi connectivity index (χ3v) is 2.51. The summed E-state index contributed by atoms with van der Waals surface area (Å²) in [6.45, 7) is 2.35. The molecule has 0 aromatic heterocycles. The lowest BCUT2D eigenvalue weighted by molar-refractivity contribution is 0.0582. The van der Waals surface area contributed by atoms with Gasteiger partial charge >= 0.3 is 6.09 Å². The molecule has 0 saturated heterocycles. The quantitative estimate of drug-likeness (QED) is 0.736. The van der Waals surface area contributed by atoms with Crippen LogP contribution in [-0.4, -0.2) is 24.6 Å². The van der Waals surface area contributed by atoms with Gasteiger partial charge in [-0.3, -0.25) is 4.90 Å². The second-order valence-corrected chi connectivity index (χ2v) is 3.76. The Hall–Kier alpha value is -1.58. The molecule has 0 fully saturated rings. The van der Waals surface area contributed by atoms with Crippen molar-refractivity contribution in [1.29, 1.82) is 0 Å². The van der Waals surface area contributed by atoms with Crippen molar-refractivity contribution in [3.05, 3.63) is 35.9 Å². The average Bonchev–Trinajstić information content (AvgIpc) is 2.39. The molecule has 0 bridgehead atoms. The first-order valence-corrected chi connectivity index (χ1v) is 5.74. The SMILES string of the molecule is CCCCN(C(=O)OC)C(F)c1ccccc1. The number of methoxy groups -OCH3 is 1. The number of hydrogen-bond acceptors (Lipinski definition) is 2. The topological polar surface area (TPSA) is 29.5 Å². The van der Waals surface area contributed by atoms with Crippen molar-refractivity contribution in [2.24, 2.45) is 0 Å². The van der Waals surface area contributed by atoms with Crippen LogP contribution in [0.4, 0.5) is 9.18 Å². The molecule has 0 radical (unpaired) electrons. The number of benzene rings is 1. The number of ether oxygens (including phenoxy) is 1. The van der Waals surface area contributed by atoms with Gasteiger partial charge in [-0.2, -0.15) is 0 Å². The van der Waals surface area contributed by atoms with Crippen molar-refractivity contribution < 1.29 is 13.9 Å². The Morgan fingerprint density at radius 3 is 2.59 bits per heavy atom. The highest BCUT2D eigenvalue weighted by Gasteiger charge is 2.24. The molecule has 0 aliphatic carbocycles. The molecule has 17 heavy (non-hydrogen) atoms. The molecule has 1 aromatic rings. The largest absolute Gasteiger partial charge is 0.453 e. The van der Waals surface area contributed by atoms with E-state index in [0.717, 1.165) is 17.7 Å². The molecule has 0 N–H and O–H groups in total. The van der Waals surface area contributed by atoms with Crippen LogP contribution < -0.4 is 0 Å². The Bertz CT molecular complexity index is 343. The lowest BCUT2D eigenvalue weighted by atomic mass is 10.2. The lowest BCUT2D eigenvalue weighted by Crippen LogP contribution is -2.33. The Balaban J connectivity index is 2.78. The number of amides is 1. The molecule has 4 heteroatoms. The molecule has 1 atom stereocenters. The molecule has 94 valence electrons. The summed E-state index contributed by atoms with van der Waals surface area (Å²) < 4.78 is 18.8. The molecule has 0 aliphatic heterocycles. The van der Waals surface area contributed by atoms with Crippen LogP contribution in [0.1, 0.15) is 31.6 Å². The minimum Gasteiger partial charge on any atom is -0.453 e. The summed E-state index contributed by atoms with van der Waals surface area (Å²) in [7, 11) is 1.26. The van der Waals surface area contributed by atoms with Crippen molar-refractivity contribution in [1.82, 2.24) is 4.90 Å². The number of unbranched alkanes of at least 4 members (excludes halogenated alkanes) is 1. The van der Waals surface area contributed by atoms with Gasteiger partial charge < -0.3 is 4.74 Å². The van der Waals surface area contributed by atoms with Crippen molar-refractivity contribution in [3.8, 4) is 0 Å². The van der Waals surface area contributed by atoms with Gasteiger partial charge in [0.05, 0.1) is 7.11 Å². The number of alkyl halides is 1. The lowest BCUT2D eigenvalue weighted by Gasteiger charge is -2.25. The molecule has 1 unspecified atom stereocenters. The predicted molar refractivity (Wildman–Crippen MR) is 64.3 cm³/mol. The van der Waals surface area contributed by atoms with E-state index in [2.05, 4.69) is 4.74 Å². The molecule has 0 saturated carbocycles. The molecule has 0 aliphatic rings. The summed E-state index contributed by atoms with van der Waals surface area (Å²) in [6, 6.07) is 8.62.